The van der Waals surface area contributed by atoms with Crippen molar-refractivity contribution in [3.63, 3.8) is 0 Å². The van der Waals surface area contributed by atoms with Crippen LogP contribution in [0.5, 0.6) is 0 Å². The molecule has 2 N–H and O–H groups in total. The Morgan fingerprint density at radius 2 is 2.12 bits per heavy atom. The van der Waals surface area contributed by atoms with Crippen molar-refractivity contribution in [2.75, 3.05) is 6.54 Å². The van der Waals surface area contributed by atoms with E-state index in [2.05, 4.69) is 32.0 Å². The molecular formula is C13H14BrN3. The molecule has 1 saturated carbocycles. The molecule has 1 aliphatic rings. The van der Waals surface area contributed by atoms with Crippen molar-refractivity contribution in [1.82, 2.24) is 9.97 Å². The van der Waals surface area contributed by atoms with E-state index in [9.17, 15) is 0 Å². The zero-order valence-electron chi connectivity index (χ0n) is 9.70. The molecule has 1 fully saturated rings. The van der Waals surface area contributed by atoms with Crippen LogP contribution in [0.2, 0.25) is 0 Å². The zero-order chi connectivity index (χ0) is 12.0. The Hall–Kier alpha value is -1.000. The third-order valence-corrected chi connectivity index (χ3v) is 4.06. The van der Waals surface area contributed by atoms with Gasteiger partial charge in [-0.15, -0.1) is 0 Å². The first-order valence-corrected chi connectivity index (χ1v) is 6.58. The van der Waals surface area contributed by atoms with Crippen molar-refractivity contribution in [2.45, 2.75) is 25.2 Å². The lowest BCUT2D eigenvalue weighted by atomic mass is 10.1. The standard InChI is InChI=1S/C13H14BrN3/c1-8-10-3-2-9(14)6-11(10)17-12(16-8)13(7-15)4-5-13/h2-3,6H,4-5,7,15H2,1H3. The first-order chi connectivity index (χ1) is 8.14. The summed E-state index contributed by atoms with van der Waals surface area (Å²) in [5.74, 6) is 0.920. The Morgan fingerprint density at radius 1 is 1.35 bits per heavy atom. The fourth-order valence-corrected chi connectivity index (χ4v) is 2.52. The van der Waals surface area contributed by atoms with E-state index in [1.165, 1.54) is 0 Å². The number of hydrogen-bond acceptors (Lipinski definition) is 3. The van der Waals surface area contributed by atoms with Crippen LogP contribution in [0.1, 0.15) is 24.4 Å². The third kappa shape index (κ3) is 1.76. The summed E-state index contributed by atoms with van der Waals surface area (Å²) in [6, 6.07) is 6.12. The van der Waals surface area contributed by atoms with E-state index < -0.39 is 0 Å². The summed E-state index contributed by atoms with van der Waals surface area (Å²) in [6.45, 7) is 2.68. The Morgan fingerprint density at radius 3 is 2.76 bits per heavy atom. The molecule has 0 amide bonds. The van der Waals surface area contributed by atoms with E-state index in [1.807, 2.05) is 19.1 Å². The van der Waals surface area contributed by atoms with Crippen LogP contribution in [-0.2, 0) is 5.41 Å². The van der Waals surface area contributed by atoms with Crippen molar-refractivity contribution in [2.24, 2.45) is 5.73 Å². The number of hydrogen-bond donors (Lipinski definition) is 1. The van der Waals surface area contributed by atoms with Gasteiger partial charge in [0.05, 0.1) is 5.52 Å². The average Bonchev–Trinajstić information content (AvgIpc) is 3.09. The second-order valence-corrected chi connectivity index (χ2v) is 5.69. The van der Waals surface area contributed by atoms with Gasteiger partial charge in [-0.25, -0.2) is 9.97 Å². The first kappa shape index (κ1) is 11.1. The van der Waals surface area contributed by atoms with Crippen LogP contribution >= 0.6 is 15.9 Å². The molecule has 0 aliphatic heterocycles. The SMILES string of the molecule is Cc1nc(C2(CN)CC2)nc2cc(Br)ccc12. The quantitative estimate of drug-likeness (QED) is 0.926. The molecule has 1 aliphatic carbocycles. The average molecular weight is 292 g/mol. The maximum absolute atomic E-state index is 5.84. The number of fused-ring (bicyclic) bond motifs is 1. The summed E-state index contributed by atoms with van der Waals surface area (Å²) in [5, 5.41) is 1.12. The smallest absolute Gasteiger partial charge is 0.136 e. The fraction of sp³-hybridized carbons (Fsp3) is 0.385. The van der Waals surface area contributed by atoms with Gasteiger partial charge in [0.25, 0.3) is 0 Å². The highest BCUT2D eigenvalue weighted by Crippen LogP contribution is 2.45. The van der Waals surface area contributed by atoms with E-state index >= 15 is 0 Å². The Kier molecular flexibility index (Phi) is 2.45. The number of benzene rings is 1. The molecule has 0 radical (unpaired) electrons. The van der Waals surface area contributed by atoms with Crippen LogP contribution < -0.4 is 5.73 Å². The van der Waals surface area contributed by atoms with Gasteiger partial charge in [0, 0.05) is 27.5 Å². The summed E-state index contributed by atoms with van der Waals surface area (Å²) < 4.78 is 1.05. The van der Waals surface area contributed by atoms with Crippen LogP contribution in [0, 0.1) is 6.92 Å². The largest absolute Gasteiger partial charge is 0.329 e. The highest BCUT2D eigenvalue weighted by molar-refractivity contribution is 9.10. The lowest BCUT2D eigenvalue weighted by Crippen LogP contribution is -2.22. The molecule has 0 spiro atoms. The number of halogens is 1. The predicted octanol–water partition coefficient (Wildman–Crippen LogP) is 2.69. The third-order valence-electron chi connectivity index (χ3n) is 3.57. The van der Waals surface area contributed by atoms with E-state index in [0.717, 1.165) is 39.7 Å². The van der Waals surface area contributed by atoms with E-state index in [4.69, 9.17) is 5.73 Å². The Balaban J connectivity index is 2.22. The first-order valence-electron chi connectivity index (χ1n) is 5.79. The number of aromatic nitrogens is 2. The molecule has 1 heterocycles. The highest BCUT2D eigenvalue weighted by Gasteiger charge is 2.46. The molecule has 2 aromatic rings. The van der Waals surface area contributed by atoms with Gasteiger partial charge >= 0.3 is 0 Å². The molecule has 1 aromatic heterocycles. The van der Waals surface area contributed by atoms with Crippen LogP contribution in [0.15, 0.2) is 22.7 Å². The number of aryl methyl sites for hydroxylation is 1. The van der Waals surface area contributed by atoms with E-state index in [1.54, 1.807) is 0 Å². The van der Waals surface area contributed by atoms with Gasteiger partial charge in [-0.3, -0.25) is 0 Å². The van der Waals surface area contributed by atoms with Crippen LogP contribution in [0.4, 0.5) is 0 Å². The molecule has 88 valence electrons. The number of nitrogens with two attached hydrogens (primary N) is 1. The monoisotopic (exact) mass is 291 g/mol. The van der Waals surface area contributed by atoms with Crippen LogP contribution in [0.25, 0.3) is 10.9 Å². The van der Waals surface area contributed by atoms with Crippen LogP contribution in [0.3, 0.4) is 0 Å². The second kappa shape index (κ2) is 3.75. The van der Waals surface area contributed by atoms with Gasteiger partial charge in [0.2, 0.25) is 0 Å². The predicted molar refractivity (Wildman–Crippen MR) is 71.9 cm³/mol. The van der Waals surface area contributed by atoms with Crippen molar-refractivity contribution in [1.29, 1.82) is 0 Å². The van der Waals surface area contributed by atoms with Gasteiger partial charge in [0.15, 0.2) is 0 Å². The highest BCUT2D eigenvalue weighted by atomic mass is 79.9. The van der Waals surface area contributed by atoms with Gasteiger partial charge in [-0.05, 0) is 38.0 Å². The topological polar surface area (TPSA) is 51.8 Å². The Bertz CT molecular complexity index is 590. The minimum Gasteiger partial charge on any atom is -0.329 e. The molecule has 0 bridgehead atoms. The maximum atomic E-state index is 5.84. The molecule has 4 heteroatoms. The fourth-order valence-electron chi connectivity index (χ4n) is 2.17. The van der Waals surface area contributed by atoms with Crippen LogP contribution in [-0.4, -0.2) is 16.5 Å². The molecule has 17 heavy (non-hydrogen) atoms. The molecular weight excluding hydrogens is 278 g/mol. The molecule has 0 atom stereocenters. The van der Waals surface area contributed by atoms with Gasteiger partial charge < -0.3 is 5.73 Å². The second-order valence-electron chi connectivity index (χ2n) is 4.78. The Labute approximate surface area is 109 Å². The minimum absolute atomic E-state index is 0.0568. The molecule has 1 aromatic carbocycles. The van der Waals surface area contributed by atoms with Crippen molar-refractivity contribution < 1.29 is 0 Å². The molecule has 3 nitrogen and oxygen atoms in total. The summed E-state index contributed by atoms with van der Waals surface area (Å²) in [4.78, 5) is 9.31. The lowest BCUT2D eigenvalue weighted by molar-refractivity contribution is 0.650. The molecule has 0 unspecified atom stereocenters. The molecule has 0 saturated heterocycles. The van der Waals surface area contributed by atoms with E-state index in [0.29, 0.717) is 6.54 Å². The van der Waals surface area contributed by atoms with Crippen molar-refractivity contribution in [3.05, 3.63) is 34.2 Å². The summed E-state index contributed by atoms with van der Waals surface area (Å²) in [7, 11) is 0. The number of nitrogens with zero attached hydrogens (tertiary/aromatic N) is 2. The van der Waals surface area contributed by atoms with Gasteiger partial charge in [0.1, 0.15) is 5.82 Å². The maximum Gasteiger partial charge on any atom is 0.136 e. The summed E-state index contributed by atoms with van der Waals surface area (Å²) in [6.07, 6.45) is 2.23. The van der Waals surface area contributed by atoms with Gasteiger partial charge in [-0.1, -0.05) is 15.9 Å². The number of rotatable bonds is 2. The lowest BCUT2D eigenvalue weighted by Gasteiger charge is -2.13. The zero-order valence-corrected chi connectivity index (χ0v) is 11.3. The van der Waals surface area contributed by atoms with Crippen molar-refractivity contribution in [3.8, 4) is 0 Å². The summed E-state index contributed by atoms with van der Waals surface area (Å²) in [5.41, 5.74) is 7.93. The van der Waals surface area contributed by atoms with Gasteiger partial charge in [-0.2, -0.15) is 0 Å². The molecule has 3 rings (SSSR count). The summed E-state index contributed by atoms with van der Waals surface area (Å²) >= 11 is 3.48. The normalized spacial score (nSPS) is 17.4. The minimum atomic E-state index is 0.0568. The van der Waals surface area contributed by atoms with Crippen molar-refractivity contribution >= 4 is 26.8 Å². The van der Waals surface area contributed by atoms with E-state index in [-0.39, 0.29) is 5.41 Å².